The summed E-state index contributed by atoms with van der Waals surface area (Å²) < 4.78 is 15.3. The van der Waals surface area contributed by atoms with Gasteiger partial charge in [-0.1, -0.05) is 135 Å². The van der Waals surface area contributed by atoms with Gasteiger partial charge in [0.2, 0.25) is 0 Å². The lowest BCUT2D eigenvalue weighted by Crippen LogP contribution is -2.16. The van der Waals surface area contributed by atoms with E-state index in [4.69, 9.17) is 8.83 Å². The molecule has 0 amide bonds. The van der Waals surface area contributed by atoms with Crippen LogP contribution >= 0.6 is 0 Å². The van der Waals surface area contributed by atoms with Gasteiger partial charge in [0, 0.05) is 49.3 Å². The second-order valence-electron chi connectivity index (χ2n) is 18.4. The quantitative estimate of drug-likeness (QED) is 0.167. The van der Waals surface area contributed by atoms with Crippen molar-refractivity contribution in [3.63, 3.8) is 0 Å². The molecule has 0 aliphatic heterocycles. The van der Waals surface area contributed by atoms with E-state index in [0.717, 1.165) is 99.9 Å². The molecule has 0 spiro atoms. The van der Waals surface area contributed by atoms with Crippen molar-refractivity contribution in [2.45, 2.75) is 19.3 Å². The van der Waals surface area contributed by atoms with Crippen molar-refractivity contribution in [3.8, 4) is 39.1 Å². The lowest BCUT2D eigenvalue weighted by atomic mass is 9.82. The van der Waals surface area contributed by atoms with Gasteiger partial charge in [0.25, 0.3) is 0 Å². The number of benzene rings is 10. The molecule has 14 rings (SSSR count). The molecule has 1 aliphatic carbocycles. The molecule has 0 fully saturated rings. The highest BCUT2D eigenvalue weighted by atomic mass is 16.3. The van der Waals surface area contributed by atoms with Crippen molar-refractivity contribution in [1.82, 2.24) is 4.57 Å². The van der Waals surface area contributed by atoms with Crippen LogP contribution in [0.2, 0.25) is 0 Å². The molecule has 1 aliphatic rings. The predicted molar refractivity (Wildman–Crippen MR) is 278 cm³/mol. The third kappa shape index (κ3) is 5.60. The highest BCUT2D eigenvalue weighted by molar-refractivity contribution is 6.16. The van der Waals surface area contributed by atoms with E-state index in [9.17, 15) is 0 Å². The predicted octanol–water partition coefficient (Wildman–Crippen LogP) is 17.7. The van der Waals surface area contributed by atoms with Gasteiger partial charge in [-0.2, -0.15) is 0 Å². The fourth-order valence-electron chi connectivity index (χ4n) is 11.2. The Hall–Kier alpha value is -8.60. The van der Waals surface area contributed by atoms with E-state index in [-0.39, 0.29) is 5.41 Å². The normalized spacial score (nSPS) is 13.0. The van der Waals surface area contributed by atoms with Crippen LogP contribution in [0.3, 0.4) is 0 Å². The van der Waals surface area contributed by atoms with Gasteiger partial charge in [-0.05, 0) is 136 Å². The maximum atomic E-state index is 6.73. The Kier molecular flexibility index (Phi) is 8.00. The van der Waals surface area contributed by atoms with Gasteiger partial charge < -0.3 is 18.3 Å². The zero-order valence-corrected chi connectivity index (χ0v) is 37.0. The minimum atomic E-state index is -0.131. The SMILES string of the molecule is CC1(C)c2ccccc2-c2c(N(c3ccccc3)c3cccc4oc5ccc(-c6ccc7c(c6)c6cc(-c8ccc9oc%10ccccc%10c9c8)ccc6n7-c6ccccc6)cc5c34)cccc21. The monoisotopic (exact) mass is 858 g/mol. The largest absolute Gasteiger partial charge is 0.456 e. The second-order valence-corrected chi connectivity index (χ2v) is 18.4. The Bertz CT molecular complexity index is 4130. The molecule has 10 aromatic carbocycles. The van der Waals surface area contributed by atoms with Crippen molar-refractivity contribution in [2.75, 3.05) is 4.90 Å². The number of nitrogens with zero attached hydrogens (tertiary/aromatic N) is 2. The molecular weight excluding hydrogens is 817 g/mol. The summed E-state index contributed by atoms with van der Waals surface area (Å²) in [6.07, 6.45) is 0. The van der Waals surface area contributed by atoms with Crippen molar-refractivity contribution >= 4 is 82.7 Å². The number of para-hydroxylation sites is 3. The molecule has 4 heteroatoms. The molecule has 0 unspecified atom stereocenters. The molecule has 3 aromatic heterocycles. The number of rotatable bonds is 6. The average molecular weight is 859 g/mol. The summed E-state index contributed by atoms with van der Waals surface area (Å²) in [7, 11) is 0. The van der Waals surface area contributed by atoms with Crippen LogP contribution in [0.4, 0.5) is 17.1 Å². The number of furan rings is 2. The molecule has 0 atom stereocenters. The van der Waals surface area contributed by atoms with Gasteiger partial charge in [-0.25, -0.2) is 0 Å². The lowest BCUT2D eigenvalue weighted by molar-refractivity contribution is 0.660. The molecule has 316 valence electrons. The fourth-order valence-corrected chi connectivity index (χ4v) is 11.2. The summed E-state index contributed by atoms with van der Waals surface area (Å²) in [4.78, 5) is 2.44. The minimum absolute atomic E-state index is 0.131. The molecule has 67 heavy (non-hydrogen) atoms. The smallest absolute Gasteiger partial charge is 0.137 e. The van der Waals surface area contributed by atoms with Gasteiger partial charge in [0.05, 0.1) is 27.8 Å². The third-order valence-corrected chi connectivity index (χ3v) is 14.4. The van der Waals surface area contributed by atoms with Gasteiger partial charge in [0.1, 0.15) is 22.3 Å². The van der Waals surface area contributed by atoms with Crippen LogP contribution in [0.25, 0.3) is 105 Å². The van der Waals surface area contributed by atoms with E-state index in [2.05, 4.69) is 230 Å². The van der Waals surface area contributed by atoms with Crippen molar-refractivity contribution in [2.24, 2.45) is 0 Å². The molecule has 13 aromatic rings. The Morgan fingerprint density at radius 3 is 1.66 bits per heavy atom. The number of hydrogen-bond donors (Lipinski definition) is 0. The molecule has 0 radical (unpaired) electrons. The number of aromatic nitrogens is 1. The van der Waals surface area contributed by atoms with Crippen molar-refractivity contribution < 1.29 is 8.83 Å². The summed E-state index contributed by atoms with van der Waals surface area (Å²) in [5.74, 6) is 0. The van der Waals surface area contributed by atoms with E-state index in [0.29, 0.717) is 0 Å². The first-order valence-corrected chi connectivity index (χ1v) is 23.1. The Morgan fingerprint density at radius 1 is 0.388 bits per heavy atom. The molecule has 0 saturated heterocycles. The standard InChI is InChI=1S/C63H42N2O2/c1-63(2)51-21-11-9-20-46(51)61-52(63)22-13-23-55(61)65(44-17-7-4-8-18-44)56-24-14-26-60-62(56)50-38-42(30-34-59(50)67-60)40-28-32-54-48(36-40)47-35-39(27-31-53(47)64(54)43-15-5-3-6-16-43)41-29-33-58-49(37-41)45-19-10-12-25-57(45)66-58/h3-38H,1-2H3. The summed E-state index contributed by atoms with van der Waals surface area (Å²) >= 11 is 0. The molecule has 0 N–H and O–H groups in total. The van der Waals surface area contributed by atoms with E-state index >= 15 is 0 Å². The zero-order valence-electron chi connectivity index (χ0n) is 37.0. The van der Waals surface area contributed by atoms with E-state index in [1.807, 2.05) is 12.1 Å². The van der Waals surface area contributed by atoms with Crippen LogP contribution < -0.4 is 4.90 Å². The van der Waals surface area contributed by atoms with E-state index in [1.54, 1.807) is 0 Å². The highest BCUT2D eigenvalue weighted by Gasteiger charge is 2.38. The first-order valence-electron chi connectivity index (χ1n) is 23.1. The number of anilines is 3. The maximum absolute atomic E-state index is 6.73. The first kappa shape index (κ1) is 37.7. The van der Waals surface area contributed by atoms with Crippen LogP contribution in [0.1, 0.15) is 25.0 Å². The summed E-state index contributed by atoms with van der Waals surface area (Å²) in [5, 5.41) is 6.81. The van der Waals surface area contributed by atoms with E-state index in [1.165, 1.54) is 33.0 Å². The van der Waals surface area contributed by atoms with E-state index < -0.39 is 0 Å². The zero-order chi connectivity index (χ0) is 44.4. The average Bonchev–Trinajstić information content (AvgIpc) is 4.11. The Morgan fingerprint density at radius 2 is 0.910 bits per heavy atom. The number of hydrogen-bond acceptors (Lipinski definition) is 3. The highest BCUT2D eigenvalue weighted by Crippen LogP contribution is 2.55. The van der Waals surface area contributed by atoms with Crippen molar-refractivity contribution in [1.29, 1.82) is 0 Å². The first-order chi connectivity index (χ1) is 33.0. The summed E-state index contributed by atoms with van der Waals surface area (Å²) in [6.45, 7) is 4.69. The van der Waals surface area contributed by atoms with Crippen LogP contribution in [-0.2, 0) is 5.41 Å². The molecular formula is C63H42N2O2. The van der Waals surface area contributed by atoms with Gasteiger partial charge >= 0.3 is 0 Å². The van der Waals surface area contributed by atoms with Gasteiger partial charge in [-0.3, -0.25) is 0 Å². The van der Waals surface area contributed by atoms with Crippen molar-refractivity contribution in [3.05, 3.63) is 230 Å². The third-order valence-electron chi connectivity index (χ3n) is 14.4. The Labute approximate surface area is 387 Å². The number of fused-ring (bicyclic) bond motifs is 12. The fraction of sp³-hybridized carbons (Fsp3) is 0.0476. The lowest BCUT2D eigenvalue weighted by Gasteiger charge is -2.29. The van der Waals surface area contributed by atoms with Crippen LogP contribution in [0.15, 0.2) is 227 Å². The molecule has 0 bridgehead atoms. The van der Waals surface area contributed by atoms with Crippen LogP contribution in [0.5, 0.6) is 0 Å². The Balaban J connectivity index is 0.958. The molecule has 0 saturated carbocycles. The van der Waals surface area contributed by atoms with Crippen LogP contribution in [0, 0.1) is 0 Å². The minimum Gasteiger partial charge on any atom is -0.456 e. The maximum Gasteiger partial charge on any atom is 0.137 e. The second kappa shape index (κ2) is 14.2. The summed E-state index contributed by atoms with van der Waals surface area (Å²) in [6, 6.07) is 79.0. The molecule has 3 heterocycles. The van der Waals surface area contributed by atoms with Gasteiger partial charge in [-0.15, -0.1) is 0 Å². The summed E-state index contributed by atoms with van der Waals surface area (Å²) in [5.41, 5.74) is 20.0. The van der Waals surface area contributed by atoms with Crippen LogP contribution in [-0.4, -0.2) is 4.57 Å². The van der Waals surface area contributed by atoms with Gasteiger partial charge in [0.15, 0.2) is 0 Å². The molecule has 4 nitrogen and oxygen atoms in total. The topological polar surface area (TPSA) is 34.5 Å².